The molecule has 1 fully saturated rings. The molecule has 1 aromatic heterocycles. The van der Waals surface area contributed by atoms with E-state index in [1.807, 2.05) is 19.1 Å². The van der Waals surface area contributed by atoms with Crippen LogP contribution in [0.15, 0.2) is 17.3 Å². The fourth-order valence-corrected chi connectivity index (χ4v) is 2.81. The van der Waals surface area contributed by atoms with Crippen molar-refractivity contribution < 1.29 is 5.21 Å². The number of pyridine rings is 1. The molecule has 1 aromatic rings. The van der Waals surface area contributed by atoms with Crippen LogP contribution in [0.3, 0.4) is 0 Å². The number of nitrogens with two attached hydrogens (primary N) is 1. The molecule has 1 saturated carbocycles. The van der Waals surface area contributed by atoms with Gasteiger partial charge in [0.25, 0.3) is 0 Å². The van der Waals surface area contributed by atoms with E-state index in [4.69, 9.17) is 10.9 Å². The molecule has 1 aliphatic carbocycles. The summed E-state index contributed by atoms with van der Waals surface area (Å²) in [5, 5.41) is 12.0. The van der Waals surface area contributed by atoms with E-state index in [1.165, 1.54) is 25.7 Å². The summed E-state index contributed by atoms with van der Waals surface area (Å²) in [5.41, 5.74) is 7.43. The summed E-state index contributed by atoms with van der Waals surface area (Å²) in [4.78, 5) is 6.90. The monoisotopic (exact) mass is 262 g/mol. The average Bonchev–Trinajstić information content (AvgIpc) is 2.93. The third-order valence-electron chi connectivity index (χ3n) is 3.78. The van der Waals surface area contributed by atoms with Crippen molar-refractivity contribution in [1.29, 1.82) is 0 Å². The van der Waals surface area contributed by atoms with Crippen LogP contribution in [0.5, 0.6) is 0 Å². The quantitative estimate of drug-likeness (QED) is 0.378. The highest BCUT2D eigenvalue weighted by Crippen LogP contribution is 2.29. The van der Waals surface area contributed by atoms with E-state index in [2.05, 4.69) is 22.0 Å². The molecule has 0 radical (unpaired) electrons. The summed E-state index contributed by atoms with van der Waals surface area (Å²) in [6, 6.07) is 4.29. The number of nitrogens with zero attached hydrogens (tertiary/aromatic N) is 3. The van der Waals surface area contributed by atoms with E-state index in [0.29, 0.717) is 11.6 Å². The maximum atomic E-state index is 8.92. The van der Waals surface area contributed by atoms with E-state index in [1.54, 1.807) is 0 Å². The highest BCUT2D eigenvalue weighted by atomic mass is 16.4. The Bertz CT molecular complexity index is 467. The molecule has 0 amide bonds. The largest absolute Gasteiger partial charge is 0.409 e. The maximum Gasteiger partial charge on any atom is 0.173 e. The molecule has 0 atom stereocenters. The number of amidine groups is 1. The van der Waals surface area contributed by atoms with E-state index in [0.717, 1.165) is 18.1 Å². The van der Waals surface area contributed by atoms with Gasteiger partial charge in [0.05, 0.1) is 5.56 Å². The lowest BCUT2D eigenvalue weighted by Gasteiger charge is -2.30. The first-order chi connectivity index (χ1) is 9.17. The number of aryl methyl sites for hydroxylation is 1. The third kappa shape index (κ3) is 2.80. The van der Waals surface area contributed by atoms with Crippen molar-refractivity contribution in [1.82, 2.24) is 4.98 Å². The molecular formula is C14H22N4O. The first-order valence-electron chi connectivity index (χ1n) is 6.89. The molecule has 3 N–H and O–H groups in total. The Morgan fingerprint density at radius 1 is 1.47 bits per heavy atom. The zero-order valence-electron chi connectivity index (χ0n) is 11.6. The van der Waals surface area contributed by atoms with Gasteiger partial charge in [-0.25, -0.2) is 4.98 Å². The zero-order chi connectivity index (χ0) is 13.8. The Balaban J connectivity index is 2.42. The number of anilines is 1. The van der Waals surface area contributed by atoms with Gasteiger partial charge in [0.1, 0.15) is 5.82 Å². The molecule has 1 heterocycles. The third-order valence-corrected chi connectivity index (χ3v) is 3.78. The van der Waals surface area contributed by atoms with E-state index < -0.39 is 0 Å². The fraction of sp³-hybridized carbons (Fsp3) is 0.571. The van der Waals surface area contributed by atoms with Crippen LogP contribution < -0.4 is 10.6 Å². The smallest absolute Gasteiger partial charge is 0.173 e. The Morgan fingerprint density at radius 2 is 2.16 bits per heavy atom. The van der Waals surface area contributed by atoms with Crippen molar-refractivity contribution in [3.63, 3.8) is 0 Å². The topological polar surface area (TPSA) is 74.7 Å². The van der Waals surface area contributed by atoms with Gasteiger partial charge in [0, 0.05) is 18.3 Å². The average molecular weight is 262 g/mol. The Kier molecular flexibility index (Phi) is 4.24. The summed E-state index contributed by atoms with van der Waals surface area (Å²) >= 11 is 0. The first kappa shape index (κ1) is 13.6. The Morgan fingerprint density at radius 3 is 2.74 bits per heavy atom. The number of rotatable bonds is 4. The number of oxime groups is 1. The SMILES string of the molecule is CCN(c1nc(C)ccc1C(N)=NO)C1CCCC1. The standard InChI is InChI=1S/C14H22N4O/c1-3-18(11-6-4-5-7-11)14-12(13(15)17-19)9-8-10(2)16-14/h8-9,11,19H,3-7H2,1-2H3,(H2,15,17). The van der Waals surface area contributed by atoms with Gasteiger partial charge in [-0.15, -0.1) is 0 Å². The van der Waals surface area contributed by atoms with Crippen LogP contribution in [0.2, 0.25) is 0 Å². The van der Waals surface area contributed by atoms with Crippen molar-refractivity contribution in [2.45, 2.75) is 45.6 Å². The van der Waals surface area contributed by atoms with Gasteiger partial charge in [-0.05, 0) is 38.8 Å². The van der Waals surface area contributed by atoms with Gasteiger partial charge >= 0.3 is 0 Å². The summed E-state index contributed by atoms with van der Waals surface area (Å²) in [6.07, 6.45) is 4.93. The Labute approximate surface area is 114 Å². The lowest BCUT2D eigenvalue weighted by molar-refractivity contribution is 0.318. The van der Waals surface area contributed by atoms with Crippen molar-refractivity contribution >= 4 is 11.7 Å². The first-order valence-corrected chi connectivity index (χ1v) is 6.89. The highest BCUT2D eigenvalue weighted by molar-refractivity contribution is 6.01. The molecule has 0 spiro atoms. The molecule has 0 unspecified atom stereocenters. The lowest BCUT2D eigenvalue weighted by Crippen LogP contribution is -2.35. The van der Waals surface area contributed by atoms with Crippen molar-refractivity contribution in [2.24, 2.45) is 10.9 Å². The fourth-order valence-electron chi connectivity index (χ4n) is 2.81. The lowest BCUT2D eigenvalue weighted by atomic mass is 10.1. The maximum absolute atomic E-state index is 8.92. The van der Waals surface area contributed by atoms with Gasteiger partial charge in [-0.3, -0.25) is 0 Å². The van der Waals surface area contributed by atoms with E-state index in [-0.39, 0.29) is 5.84 Å². The zero-order valence-corrected chi connectivity index (χ0v) is 11.6. The van der Waals surface area contributed by atoms with Gasteiger partial charge < -0.3 is 15.8 Å². The minimum atomic E-state index is 0.124. The second kappa shape index (κ2) is 5.91. The number of hydrogen-bond acceptors (Lipinski definition) is 4. The van der Waals surface area contributed by atoms with Gasteiger partial charge in [-0.1, -0.05) is 18.0 Å². The molecule has 0 bridgehead atoms. The van der Waals surface area contributed by atoms with Gasteiger partial charge in [0.2, 0.25) is 0 Å². The predicted octanol–water partition coefficient (Wildman–Crippen LogP) is 2.25. The molecule has 0 aromatic carbocycles. The minimum Gasteiger partial charge on any atom is -0.409 e. The van der Waals surface area contributed by atoms with Crippen LogP contribution in [-0.2, 0) is 0 Å². The number of aromatic nitrogens is 1. The summed E-state index contributed by atoms with van der Waals surface area (Å²) < 4.78 is 0. The molecule has 0 aliphatic heterocycles. The molecule has 2 rings (SSSR count). The number of hydrogen-bond donors (Lipinski definition) is 2. The normalized spacial score (nSPS) is 16.8. The molecule has 0 saturated heterocycles. The molecule has 1 aliphatic rings. The van der Waals surface area contributed by atoms with Crippen LogP contribution in [-0.4, -0.2) is 28.6 Å². The van der Waals surface area contributed by atoms with E-state index in [9.17, 15) is 0 Å². The second-order valence-electron chi connectivity index (χ2n) is 5.03. The Hall–Kier alpha value is -1.78. The van der Waals surface area contributed by atoms with Crippen LogP contribution in [0, 0.1) is 6.92 Å². The van der Waals surface area contributed by atoms with Crippen molar-refractivity contribution in [3.8, 4) is 0 Å². The van der Waals surface area contributed by atoms with Crippen LogP contribution in [0.25, 0.3) is 0 Å². The van der Waals surface area contributed by atoms with Gasteiger partial charge in [0.15, 0.2) is 5.84 Å². The van der Waals surface area contributed by atoms with Crippen LogP contribution >= 0.6 is 0 Å². The molecule has 5 heteroatoms. The predicted molar refractivity (Wildman–Crippen MR) is 76.8 cm³/mol. The molecular weight excluding hydrogens is 240 g/mol. The van der Waals surface area contributed by atoms with Crippen LogP contribution in [0.1, 0.15) is 43.9 Å². The molecule has 5 nitrogen and oxygen atoms in total. The van der Waals surface area contributed by atoms with Gasteiger partial charge in [-0.2, -0.15) is 0 Å². The van der Waals surface area contributed by atoms with E-state index >= 15 is 0 Å². The minimum absolute atomic E-state index is 0.124. The highest BCUT2D eigenvalue weighted by Gasteiger charge is 2.25. The second-order valence-corrected chi connectivity index (χ2v) is 5.03. The molecule has 104 valence electrons. The summed E-state index contributed by atoms with van der Waals surface area (Å²) in [7, 11) is 0. The summed E-state index contributed by atoms with van der Waals surface area (Å²) in [5.74, 6) is 0.962. The van der Waals surface area contributed by atoms with Crippen molar-refractivity contribution in [3.05, 3.63) is 23.4 Å². The van der Waals surface area contributed by atoms with Crippen molar-refractivity contribution in [2.75, 3.05) is 11.4 Å². The molecule has 19 heavy (non-hydrogen) atoms. The van der Waals surface area contributed by atoms with Crippen LogP contribution in [0.4, 0.5) is 5.82 Å². The summed E-state index contributed by atoms with van der Waals surface area (Å²) in [6.45, 7) is 4.97.